The number of amides is 2. The van der Waals surface area contributed by atoms with Crippen molar-refractivity contribution in [1.29, 1.82) is 0 Å². The summed E-state index contributed by atoms with van der Waals surface area (Å²) in [6, 6.07) is 23.9. The molecule has 0 spiro atoms. The van der Waals surface area contributed by atoms with Crippen molar-refractivity contribution in [3.05, 3.63) is 102 Å². The molecule has 1 fully saturated rings. The van der Waals surface area contributed by atoms with Gasteiger partial charge in [0.05, 0.1) is 18.5 Å². The second kappa shape index (κ2) is 9.24. The van der Waals surface area contributed by atoms with E-state index in [0.29, 0.717) is 12.1 Å². The van der Waals surface area contributed by atoms with Crippen LogP contribution in [0.2, 0.25) is 0 Å². The fourth-order valence-corrected chi connectivity index (χ4v) is 4.48. The zero-order chi connectivity index (χ0) is 22.6. The minimum Gasteiger partial charge on any atom is -0.345 e. The van der Waals surface area contributed by atoms with E-state index in [0.717, 1.165) is 29.9 Å². The number of hydrogen-bond donors (Lipinski definition) is 1. The molecule has 5 rings (SSSR count). The molecule has 2 amide bonds. The summed E-state index contributed by atoms with van der Waals surface area (Å²) >= 11 is 0. The van der Waals surface area contributed by atoms with Crippen LogP contribution in [0.1, 0.15) is 53.1 Å². The number of rotatable bonds is 6. The average Bonchev–Trinajstić information content (AvgIpc) is 3.51. The third-order valence-corrected chi connectivity index (χ3v) is 6.13. The number of carbonyl (C=O) groups excluding carboxylic acids is 2. The first-order valence-corrected chi connectivity index (χ1v) is 11.2. The van der Waals surface area contributed by atoms with Crippen LogP contribution in [0.15, 0.2) is 85.1 Å². The van der Waals surface area contributed by atoms with Crippen molar-refractivity contribution in [2.24, 2.45) is 0 Å². The Morgan fingerprint density at radius 3 is 2.45 bits per heavy atom. The Labute approximate surface area is 192 Å². The molecule has 7 nitrogen and oxygen atoms in total. The van der Waals surface area contributed by atoms with Gasteiger partial charge in [-0.3, -0.25) is 14.0 Å². The zero-order valence-electron chi connectivity index (χ0n) is 18.2. The standard InChI is InChI=1S/C26H25N5O2/c32-24(30-17-9-14-22(30)25-29-28-23-15-7-8-16-31(23)25)18-21(19-10-3-1-4-11-19)27-26(33)20-12-5-2-6-13-20/h1-8,10-13,15-16,21-22H,9,14,17-18H2,(H,27,33). The summed E-state index contributed by atoms with van der Waals surface area (Å²) in [6.07, 6.45) is 3.85. The lowest BCUT2D eigenvalue weighted by Gasteiger charge is -2.26. The number of likely N-dealkylation sites (tertiary alicyclic amines) is 1. The maximum atomic E-state index is 13.5. The number of aromatic nitrogens is 3. The SMILES string of the molecule is O=C(NC(CC(=O)N1CCCC1c1nnc2ccccn12)c1ccccc1)c1ccccc1. The van der Waals surface area contributed by atoms with Crippen LogP contribution < -0.4 is 5.32 Å². The highest BCUT2D eigenvalue weighted by Gasteiger charge is 2.34. The lowest BCUT2D eigenvalue weighted by atomic mass is 10.0. The molecule has 4 aromatic rings. The third kappa shape index (κ3) is 4.35. The first kappa shape index (κ1) is 20.9. The lowest BCUT2D eigenvalue weighted by Crippen LogP contribution is -2.36. The third-order valence-electron chi connectivity index (χ3n) is 6.13. The van der Waals surface area contributed by atoms with Gasteiger partial charge in [0.1, 0.15) is 0 Å². The van der Waals surface area contributed by atoms with E-state index >= 15 is 0 Å². The van der Waals surface area contributed by atoms with Gasteiger partial charge >= 0.3 is 0 Å². The van der Waals surface area contributed by atoms with Crippen molar-refractivity contribution >= 4 is 17.5 Å². The summed E-state index contributed by atoms with van der Waals surface area (Å²) in [5, 5.41) is 11.7. The summed E-state index contributed by atoms with van der Waals surface area (Å²) in [7, 11) is 0. The molecule has 166 valence electrons. The maximum absolute atomic E-state index is 13.5. The number of nitrogens with one attached hydrogen (secondary N) is 1. The van der Waals surface area contributed by atoms with Crippen molar-refractivity contribution in [2.45, 2.75) is 31.3 Å². The summed E-state index contributed by atoms with van der Waals surface area (Å²) in [6.45, 7) is 0.666. The van der Waals surface area contributed by atoms with Crippen LogP contribution in [0.25, 0.3) is 5.65 Å². The van der Waals surface area contributed by atoms with Crippen LogP contribution in [0, 0.1) is 0 Å². The normalized spacial score (nSPS) is 16.6. The molecule has 2 aromatic heterocycles. The Morgan fingerprint density at radius 1 is 0.939 bits per heavy atom. The van der Waals surface area contributed by atoms with Gasteiger partial charge in [-0.2, -0.15) is 0 Å². The van der Waals surface area contributed by atoms with E-state index in [1.165, 1.54) is 0 Å². The highest BCUT2D eigenvalue weighted by molar-refractivity contribution is 5.94. The predicted octanol–water partition coefficient (Wildman–Crippen LogP) is 3.95. The number of fused-ring (bicyclic) bond motifs is 1. The molecular formula is C26H25N5O2. The maximum Gasteiger partial charge on any atom is 0.251 e. The molecule has 2 unspecified atom stereocenters. The van der Waals surface area contributed by atoms with E-state index in [1.807, 2.05) is 82.2 Å². The highest BCUT2D eigenvalue weighted by Crippen LogP contribution is 2.33. The number of hydrogen-bond acceptors (Lipinski definition) is 4. The van der Waals surface area contributed by atoms with Gasteiger partial charge in [0.2, 0.25) is 5.91 Å². The quantitative estimate of drug-likeness (QED) is 0.493. The largest absolute Gasteiger partial charge is 0.345 e. The fraction of sp³-hybridized carbons (Fsp3) is 0.231. The monoisotopic (exact) mass is 439 g/mol. The minimum atomic E-state index is -0.428. The van der Waals surface area contributed by atoms with Gasteiger partial charge in [-0.15, -0.1) is 10.2 Å². The van der Waals surface area contributed by atoms with Crippen molar-refractivity contribution in [3.8, 4) is 0 Å². The van der Waals surface area contributed by atoms with Crippen LogP contribution in [0.5, 0.6) is 0 Å². The van der Waals surface area contributed by atoms with Crippen LogP contribution in [0.4, 0.5) is 0 Å². The fourth-order valence-electron chi connectivity index (χ4n) is 4.48. The lowest BCUT2D eigenvalue weighted by molar-refractivity contribution is -0.132. The van der Waals surface area contributed by atoms with Gasteiger partial charge in [-0.05, 0) is 42.7 Å². The molecule has 1 saturated heterocycles. The summed E-state index contributed by atoms with van der Waals surface area (Å²) in [4.78, 5) is 28.3. The van der Waals surface area contributed by atoms with E-state index in [2.05, 4.69) is 15.5 Å². The Morgan fingerprint density at radius 2 is 1.67 bits per heavy atom. The summed E-state index contributed by atoms with van der Waals surface area (Å²) in [5.41, 5.74) is 2.24. The molecule has 1 N–H and O–H groups in total. The molecular weight excluding hydrogens is 414 g/mol. The van der Waals surface area contributed by atoms with E-state index in [-0.39, 0.29) is 24.3 Å². The summed E-state index contributed by atoms with van der Waals surface area (Å²) in [5.74, 6) is 0.576. The molecule has 7 heteroatoms. The first-order chi connectivity index (χ1) is 16.2. The van der Waals surface area contributed by atoms with Gasteiger partial charge in [0.25, 0.3) is 5.91 Å². The second-order valence-electron chi connectivity index (χ2n) is 8.24. The Hall–Kier alpha value is -4.00. The number of pyridine rings is 1. The van der Waals surface area contributed by atoms with Gasteiger partial charge in [0, 0.05) is 18.3 Å². The molecule has 0 saturated carbocycles. The van der Waals surface area contributed by atoms with E-state index < -0.39 is 6.04 Å². The predicted molar refractivity (Wildman–Crippen MR) is 124 cm³/mol. The molecule has 1 aliphatic heterocycles. The van der Waals surface area contributed by atoms with Crippen LogP contribution in [0.3, 0.4) is 0 Å². The van der Waals surface area contributed by atoms with Crippen molar-refractivity contribution in [2.75, 3.05) is 6.54 Å². The van der Waals surface area contributed by atoms with Crippen LogP contribution in [-0.4, -0.2) is 37.9 Å². The molecule has 0 radical (unpaired) electrons. The minimum absolute atomic E-state index is 0.00704. The topological polar surface area (TPSA) is 79.6 Å². The Balaban J connectivity index is 1.38. The first-order valence-electron chi connectivity index (χ1n) is 11.2. The molecule has 0 aliphatic carbocycles. The van der Waals surface area contributed by atoms with Crippen LogP contribution in [-0.2, 0) is 4.79 Å². The van der Waals surface area contributed by atoms with E-state index in [1.54, 1.807) is 12.1 Å². The average molecular weight is 440 g/mol. The highest BCUT2D eigenvalue weighted by atomic mass is 16.2. The number of carbonyl (C=O) groups is 2. The van der Waals surface area contributed by atoms with Gasteiger partial charge in [-0.1, -0.05) is 54.6 Å². The Bertz CT molecular complexity index is 1260. The van der Waals surface area contributed by atoms with Crippen molar-refractivity contribution in [1.82, 2.24) is 24.8 Å². The molecule has 0 bridgehead atoms. The van der Waals surface area contributed by atoms with Gasteiger partial charge < -0.3 is 10.2 Å². The number of nitrogens with zero attached hydrogens (tertiary/aromatic N) is 4. The van der Waals surface area contributed by atoms with E-state index in [9.17, 15) is 9.59 Å². The smallest absolute Gasteiger partial charge is 0.251 e. The van der Waals surface area contributed by atoms with E-state index in [4.69, 9.17) is 0 Å². The second-order valence-corrected chi connectivity index (χ2v) is 8.24. The molecule has 33 heavy (non-hydrogen) atoms. The molecule has 2 atom stereocenters. The Kier molecular flexibility index (Phi) is 5.85. The van der Waals surface area contributed by atoms with Gasteiger partial charge in [-0.25, -0.2) is 0 Å². The molecule has 3 heterocycles. The van der Waals surface area contributed by atoms with Gasteiger partial charge in [0.15, 0.2) is 11.5 Å². The summed E-state index contributed by atoms with van der Waals surface area (Å²) < 4.78 is 1.95. The molecule has 2 aromatic carbocycles. The van der Waals surface area contributed by atoms with Crippen molar-refractivity contribution < 1.29 is 9.59 Å². The van der Waals surface area contributed by atoms with Crippen molar-refractivity contribution in [3.63, 3.8) is 0 Å². The van der Waals surface area contributed by atoms with Crippen LogP contribution >= 0.6 is 0 Å². The number of benzene rings is 2. The molecule has 1 aliphatic rings. The zero-order valence-corrected chi connectivity index (χ0v) is 18.2.